The molecule has 0 atom stereocenters. The number of allylic oxidation sites excluding steroid dienone is 1. The highest BCUT2D eigenvalue weighted by Gasteiger charge is 2.25. The molecule has 1 aliphatic rings. The minimum Gasteiger partial charge on any atom is -0.346 e. The number of amides is 1. The normalized spacial score (nSPS) is 15.3. The molecule has 0 bridgehead atoms. The lowest BCUT2D eigenvalue weighted by Crippen LogP contribution is -2.25. The Kier molecular flexibility index (Phi) is 3.29. The van der Waals surface area contributed by atoms with Gasteiger partial charge in [-0.3, -0.25) is 4.79 Å². The fourth-order valence-corrected chi connectivity index (χ4v) is 1.44. The molecule has 0 unspecified atom stereocenters. The van der Waals surface area contributed by atoms with E-state index in [2.05, 4.69) is 15.3 Å². The summed E-state index contributed by atoms with van der Waals surface area (Å²) >= 11 is 0. The maximum Gasteiger partial charge on any atom is 0.289 e. The summed E-state index contributed by atoms with van der Waals surface area (Å²) in [7, 11) is 0. The van der Waals surface area contributed by atoms with E-state index in [1.807, 2.05) is 25.1 Å². The molecule has 0 saturated heterocycles. The summed E-state index contributed by atoms with van der Waals surface area (Å²) in [5.41, 5.74) is 0.992. The molecule has 0 aliphatic heterocycles. The second-order valence-corrected chi connectivity index (χ2v) is 3.86. The lowest BCUT2D eigenvalue weighted by Gasteiger charge is -2.02. The molecule has 1 N–H and O–H groups in total. The smallest absolute Gasteiger partial charge is 0.289 e. The Bertz CT molecular complexity index is 410. The van der Waals surface area contributed by atoms with Gasteiger partial charge in [-0.1, -0.05) is 12.2 Å². The van der Waals surface area contributed by atoms with Gasteiger partial charge in [-0.25, -0.2) is 9.97 Å². The van der Waals surface area contributed by atoms with Gasteiger partial charge in [0.25, 0.3) is 5.91 Å². The van der Waals surface area contributed by atoms with Crippen LogP contribution in [0.15, 0.2) is 24.4 Å². The van der Waals surface area contributed by atoms with E-state index < -0.39 is 0 Å². The average Bonchev–Trinajstić information content (AvgIpc) is 3.13. The molecule has 4 heteroatoms. The molecule has 16 heavy (non-hydrogen) atoms. The van der Waals surface area contributed by atoms with Gasteiger partial charge in [-0.2, -0.15) is 0 Å². The van der Waals surface area contributed by atoms with Gasteiger partial charge in [0.15, 0.2) is 0 Å². The number of carbonyl (C=O) groups is 1. The third-order valence-electron chi connectivity index (χ3n) is 2.49. The molecular formula is C12H15N3O. The van der Waals surface area contributed by atoms with E-state index in [0.29, 0.717) is 12.5 Å². The van der Waals surface area contributed by atoms with Crippen LogP contribution >= 0.6 is 0 Å². The van der Waals surface area contributed by atoms with Crippen LogP contribution in [0, 0.1) is 0 Å². The molecule has 1 aromatic heterocycles. The number of carbonyl (C=O) groups excluding carboxylic acids is 1. The molecule has 1 aromatic rings. The van der Waals surface area contributed by atoms with Crippen LogP contribution in [0.25, 0.3) is 0 Å². The van der Waals surface area contributed by atoms with Crippen LogP contribution in [0.4, 0.5) is 0 Å². The largest absolute Gasteiger partial charge is 0.346 e. The SMILES string of the molecule is C/C=C/CNC(=O)c1nccc(C2CC2)n1. The number of aromatic nitrogens is 2. The molecular weight excluding hydrogens is 202 g/mol. The number of hydrogen-bond donors (Lipinski definition) is 1. The zero-order chi connectivity index (χ0) is 11.4. The van der Waals surface area contributed by atoms with Crippen molar-refractivity contribution in [1.82, 2.24) is 15.3 Å². The van der Waals surface area contributed by atoms with Crippen molar-refractivity contribution >= 4 is 5.91 Å². The first-order valence-electron chi connectivity index (χ1n) is 5.53. The lowest BCUT2D eigenvalue weighted by molar-refractivity contribution is 0.0947. The Labute approximate surface area is 94.8 Å². The predicted octanol–water partition coefficient (Wildman–Crippen LogP) is 1.66. The molecule has 0 spiro atoms. The van der Waals surface area contributed by atoms with Crippen molar-refractivity contribution in [3.63, 3.8) is 0 Å². The van der Waals surface area contributed by atoms with Gasteiger partial charge in [0.05, 0.1) is 0 Å². The maximum atomic E-state index is 11.6. The summed E-state index contributed by atoms with van der Waals surface area (Å²) in [6.07, 6.45) is 7.78. The quantitative estimate of drug-likeness (QED) is 0.780. The van der Waals surface area contributed by atoms with E-state index in [0.717, 1.165) is 5.69 Å². The van der Waals surface area contributed by atoms with E-state index in [9.17, 15) is 4.79 Å². The fourth-order valence-electron chi connectivity index (χ4n) is 1.44. The molecule has 1 fully saturated rings. The van der Waals surface area contributed by atoms with Crippen molar-refractivity contribution in [3.8, 4) is 0 Å². The van der Waals surface area contributed by atoms with Crippen molar-refractivity contribution in [2.24, 2.45) is 0 Å². The molecule has 0 radical (unpaired) electrons. The van der Waals surface area contributed by atoms with Crippen LogP contribution < -0.4 is 5.32 Å². The highest BCUT2D eigenvalue weighted by atomic mass is 16.2. The van der Waals surface area contributed by atoms with E-state index in [-0.39, 0.29) is 11.7 Å². The van der Waals surface area contributed by atoms with Gasteiger partial charge in [-0.05, 0) is 25.8 Å². The average molecular weight is 217 g/mol. The van der Waals surface area contributed by atoms with Crippen LogP contribution in [0.1, 0.15) is 42.0 Å². The van der Waals surface area contributed by atoms with Crippen LogP contribution in [0.5, 0.6) is 0 Å². The molecule has 2 rings (SSSR count). The molecule has 1 saturated carbocycles. The summed E-state index contributed by atoms with van der Waals surface area (Å²) < 4.78 is 0. The monoisotopic (exact) mass is 217 g/mol. The topological polar surface area (TPSA) is 54.9 Å². The highest BCUT2D eigenvalue weighted by Crippen LogP contribution is 2.38. The fraction of sp³-hybridized carbons (Fsp3) is 0.417. The second-order valence-electron chi connectivity index (χ2n) is 3.86. The molecule has 84 valence electrons. The highest BCUT2D eigenvalue weighted by molar-refractivity contribution is 5.90. The maximum absolute atomic E-state index is 11.6. The van der Waals surface area contributed by atoms with Gasteiger partial charge in [0, 0.05) is 24.4 Å². The van der Waals surface area contributed by atoms with Gasteiger partial charge < -0.3 is 5.32 Å². The Morgan fingerprint density at radius 3 is 3.12 bits per heavy atom. The first kappa shape index (κ1) is 10.8. The zero-order valence-electron chi connectivity index (χ0n) is 9.31. The van der Waals surface area contributed by atoms with Gasteiger partial charge >= 0.3 is 0 Å². The van der Waals surface area contributed by atoms with E-state index in [1.54, 1.807) is 6.20 Å². The molecule has 1 aliphatic carbocycles. The number of hydrogen-bond acceptors (Lipinski definition) is 3. The number of nitrogens with zero attached hydrogens (tertiary/aromatic N) is 2. The van der Waals surface area contributed by atoms with E-state index in [1.165, 1.54) is 12.8 Å². The second kappa shape index (κ2) is 4.88. The number of rotatable bonds is 4. The zero-order valence-corrected chi connectivity index (χ0v) is 9.31. The van der Waals surface area contributed by atoms with Crippen LogP contribution in [-0.2, 0) is 0 Å². The lowest BCUT2D eigenvalue weighted by atomic mass is 10.3. The van der Waals surface area contributed by atoms with Crippen molar-refractivity contribution in [1.29, 1.82) is 0 Å². The minimum atomic E-state index is -0.208. The van der Waals surface area contributed by atoms with Gasteiger partial charge in [-0.15, -0.1) is 0 Å². The van der Waals surface area contributed by atoms with Crippen molar-refractivity contribution in [2.45, 2.75) is 25.7 Å². The first-order chi connectivity index (χ1) is 7.81. The Morgan fingerprint density at radius 1 is 1.62 bits per heavy atom. The van der Waals surface area contributed by atoms with Crippen molar-refractivity contribution < 1.29 is 4.79 Å². The third-order valence-corrected chi connectivity index (χ3v) is 2.49. The van der Waals surface area contributed by atoms with Crippen LogP contribution in [-0.4, -0.2) is 22.4 Å². The summed E-state index contributed by atoms with van der Waals surface area (Å²) in [5, 5.41) is 2.74. The minimum absolute atomic E-state index is 0.208. The van der Waals surface area contributed by atoms with Crippen molar-refractivity contribution in [3.05, 3.63) is 35.9 Å². The van der Waals surface area contributed by atoms with E-state index in [4.69, 9.17) is 0 Å². The molecule has 1 heterocycles. The molecule has 4 nitrogen and oxygen atoms in total. The van der Waals surface area contributed by atoms with E-state index >= 15 is 0 Å². The predicted molar refractivity (Wildman–Crippen MR) is 61.2 cm³/mol. The Morgan fingerprint density at radius 2 is 2.44 bits per heavy atom. The first-order valence-corrected chi connectivity index (χ1v) is 5.53. The van der Waals surface area contributed by atoms with Crippen LogP contribution in [0.3, 0.4) is 0 Å². The number of nitrogens with one attached hydrogen (secondary N) is 1. The third kappa shape index (κ3) is 2.66. The van der Waals surface area contributed by atoms with Gasteiger partial charge in [0.1, 0.15) is 0 Å². The summed E-state index contributed by atoms with van der Waals surface area (Å²) in [6.45, 7) is 2.43. The summed E-state index contributed by atoms with van der Waals surface area (Å²) in [6, 6.07) is 1.89. The van der Waals surface area contributed by atoms with Crippen LogP contribution in [0.2, 0.25) is 0 Å². The van der Waals surface area contributed by atoms with Gasteiger partial charge in [0.2, 0.25) is 5.82 Å². The Balaban J connectivity index is 2.01. The summed E-state index contributed by atoms with van der Waals surface area (Å²) in [5.74, 6) is 0.611. The Hall–Kier alpha value is -1.71. The summed E-state index contributed by atoms with van der Waals surface area (Å²) in [4.78, 5) is 19.9. The van der Waals surface area contributed by atoms with Crippen molar-refractivity contribution in [2.75, 3.05) is 6.54 Å². The standard InChI is InChI=1S/C12H15N3O/c1-2-3-7-14-12(16)11-13-8-6-10(15-11)9-4-5-9/h2-3,6,8-9H,4-5,7H2,1H3,(H,14,16)/b3-2+. The molecule has 0 aromatic carbocycles. The molecule has 1 amide bonds.